The van der Waals surface area contributed by atoms with Gasteiger partial charge in [0.1, 0.15) is 12.4 Å². The van der Waals surface area contributed by atoms with Crippen LogP contribution in [0.25, 0.3) is 5.69 Å². The van der Waals surface area contributed by atoms with Gasteiger partial charge in [-0.05, 0) is 46.8 Å². The fourth-order valence-electron chi connectivity index (χ4n) is 2.09. The molecule has 0 aliphatic heterocycles. The number of benzene rings is 2. The summed E-state index contributed by atoms with van der Waals surface area (Å²) in [6, 6.07) is 17.1. The molecule has 0 atom stereocenters. The summed E-state index contributed by atoms with van der Waals surface area (Å²) in [6.07, 6.45) is 0. The van der Waals surface area contributed by atoms with Gasteiger partial charge in [-0.15, -0.1) is 0 Å². The molecule has 0 N–H and O–H groups in total. The fraction of sp³-hybridized carbons (Fsp3) is 0.188. The van der Waals surface area contributed by atoms with Gasteiger partial charge in [-0.3, -0.25) is 0 Å². The molecule has 0 fully saturated rings. The van der Waals surface area contributed by atoms with Gasteiger partial charge in [-0.2, -0.15) is 4.68 Å². The van der Waals surface area contributed by atoms with E-state index in [0.717, 1.165) is 11.4 Å². The van der Waals surface area contributed by atoms with Gasteiger partial charge in [-0.25, -0.2) is 0 Å². The lowest BCUT2D eigenvalue weighted by atomic mass is 10.3. The van der Waals surface area contributed by atoms with E-state index in [2.05, 4.69) is 15.5 Å². The van der Waals surface area contributed by atoms with Gasteiger partial charge in [0.25, 0.3) is 0 Å². The second-order valence-electron chi connectivity index (χ2n) is 4.95. The highest BCUT2D eigenvalue weighted by atomic mass is 35.5. The summed E-state index contributed by atoms with van der Waals surface area (Å²) < 4.78 is 7.39. The highest BCUT2D eigenvalue weighted by Crippen LogP contribution is 2.16. The molecule has 0 bridgehead atoms. The third-order valence-electron chi connectivity index (χ3n) is 3.30. The third kappa shape index (κ3) is 3.78. The van der Waals surface area contributed by atoms with E-state index in [1.807, 2.05) is 54.4 Å². The van der Waals surface area contributed by atoms with Crippen LogP contribution in [0.3, 0.4) is 0 Å². The molecule has 118 valence electrons. The van der Waals surface area contributed by atoms with Crippen molar-refractivity contribution in [3.8, 4) is 11.4 Å². The molecule has 6 nitrogen and oxygen atoms in total. The van der Waals surface area contributed by atoms with Crippen LogP contribution in [0, 0.1) is 0 Å². The molecule has 0 unspecified atom stereocenters. The number of aromatic nitrogens is 4. The van der Waals surface area contributed by atoms with E-state index in [1.54, 1.807) is 16.8 Å². The Bertz CT molecular complexity index is 745. The second-order valence-corrected chi connectivity index (χ2v) is 5.39. The molecule has 23 heavy (non-hydrogen) atoms. The summed E-state index contributed by atoms with van der Waals surface area (Å²) >= 11 is 5.85. The molecule has 0 aliphatic rings. The average molecular weight is 330 g/mol. The molecule has 0 aliphatic carbocycles. The summed E-state index contributed by atoms with van der Waals surface area (Å²) in [5.41, 5.74) is 0.915. The van der Waals surface area contributed by atoms with Gasteiger partial charge in [0.2, 0.25) is 5.95 Å². The molecule has 0 saturated heterocycles. The minimum Gasteiger partial charge on any atom is -0.492 e. The molecule has 0 spiro atoms. The zero-order chi connectivity index (χ0) is 16.1. The number of hydrogen-bond acceptors (Lipinski definition) is 5. The summed E-state index contributed by atoms with van der Waals surface area (Å²) in [6.45, 7) is 1.16. The Labute approximate surface area is 139 Å². The van der Waals surface area contributed by atoms with Crippen LogP contribution < -0.4 is 9.64 Å². The first kappa shape index (κ1) is 15.3. The van der Waals surface area contributed by atoms with Crippen molar-refractivity contribution in [3.63, 3.8) is 0 Å². The Hall–Kier alpha value is -2.60. The minimum absolute atomic E-state index is 0.514. The minimum atomic E-state index is 0.514. The summed E-state index contributed by atoms with van der Waals surface area (Å²) in [5, 5.41) is 12.6. The van der Waals surface area contributed by atoms with E-state index in [1.165, 1.54) is 0 Å². The highest BCUT2D eigenvalue weighted by molar-refractivity contribution is 6.30. The fourth-order valence-corrected chi connectivity index (χ4v) is 2.21. The van der Waals surface area contributed by atoms with Gasteiger partial charge < -0.3 is 9.64 Å². The van der Waals surface area contributed by atoms with Crippen LogP contribution in [-0.2, 0) is 0 Å². The normalized spacial score (nSPS) is 10.5. The SMILES string of the molecule is CN(CCOc1ccc(Cl)cc1)c1nnnn1-c1ccccc1. The second kappa shape index (κ2) is 7.11. The predicted molar refractivity (Wildman–Crippen MR) is 89.4 cm³/mol. The average Bonchev–Trinajstić information content (AvgIpc) is 3.07. The predicted octanol–water partition coefficient (Wildman–Crippen LogP) is 2.83. The van der Waals surface area contributed by atoms with Crippen LogP contribution in [0.1, 0.15) is 0 Å². The standard InChI is InChI=1S/C16H16ClN5O/c1-21(11-12-23-15-9-7-13(17)8-10-15)16-18-19-20-22(16)14-5-3-2-4-6-14/h2-10H,11-12H2,1H3. The smallest absolute Gasteiger partial charge is 0.250 e. The summed E-state index contributed by atoms with van der Waals surface area (Å²) in [4.78, 5) is 1.95. The van der Waals surface area contributed by atoms with Gasteiger partial charge in [0.05, 0.1) is 12.2 Å². The number of tetrazole rings is 1. The van der Waals surface area contributed by atoms with Gasteiger partial charge >= 0.3 is 0 Å². The molecular formula is C16H16ClN5O. The Kier molecular flexibility index (Phi) is 4.73. The van der Waals surface area contributed by atoms with Gasteiger partial charge in [0, 0.05) is 12.1 Å². The molecule has 3 aromatic rings. The van der Waals surface area contributed by atoms with Gasteiger partial charge in [-0.1, -0.05) is 34.9 Å². The van der Waals surface area contributed by atoms with Gasteiger partial charge in [0.15, 0.2) is 0 Å². The number of likely N-dealkylation sites (N-methyl/N-ethyl adjacent to an activating group) is 1. The first-order valence-corrected chi connectivity index (χ1v) is 7.55. The highest BCUT2D eigenvalue weighted by Gasteiger charge is 2.12. The molecule has 2 aromatic carbocycles. The van der Waals surface area contributed by atoms with E-state index in [9.17, 15) is 0 Å². The first-order chi connectivity index (χ1) is 11.2. The Morgan fingerprint density at radius 3 is 2.57 bits per heavy atom. The van der Waals surface area contributed by atoms with Crippen molar-refractivity contribution in [2.45, 2.75) is 0 Å². The van der Waals surface area contributed by atoms with Crippen LogP contribution in [0.4, 0.5) is 5.95 Å². The van der Waals surface area contributed by atoms with Crippen LogP contribution in [0.15, 0.2) is 54.6 Å². The number of hydrogen-bond donors (Lipinski definition) is 0. The van der Waals surface area contributed by atoms with Crippen molar-refractivity contribution in [1.82, 2.24) is 20.2 Å². The van der Waals surface area contributed by atoms with E-state index in [-0.39, 0.29) is 0 Å². The van der Waals surface area contributed by atoms with Crippen molar-refractivity contribution < 1.29 is 4.74 Å². The molecular weight excluding hydrogens is 314 g/mol. The maximum atomic E-state index is 5.85. The van der Waals surface area contributed by atoms with Crippen molar-refractivity contribution >= 4 is 17.5 Å². The molecule has 0 radical (unpaired) electrons. The number of halogens is 1. The number of ether oxygens (including phenoxy) is 1. The van der Waals surface area contributed by atoms with E-state index in [0.29, 0.717) is 24.1 Å². The quantitative estimate of drug-likeness (QED) is 0.696. The topological polar surface area (TPSA) is 56.1 Å². The molecule has 0 amide bonds. The number of rotatable bonds is 6. The zero-order valence-corrected chi connectivity index (χ0v) is 13.4. The Balaban J connectivity index is 1.62. The molecule has 1 heterocycles. The molecule has 7 heteroatoms. The lowest BCUT2D eigenvalue weighted by Gasteiger charge is -2.18. The maximum absolute atomic E-state index is 5.85. The lowest BCUT2D eigenvalue weighted by molar-refractivity contribution is 0.325. The first-order valence-electron chi connectivity index (χ1n) is 7.17. The van der Waals surface area contributed by atoms with Crippen LogP contribution in [0.2, 0.25) is 5.02 Å². The molecule has 3 rings (SSSR count). The van der Waals surface area contributed by atoms with Crippen LogP contribution in [0.5, 0.6) is 5.75 Å². The maximum Gasteiger partial charge on any atom is 0.250 e. The van der Waals surface area contributed by atoms with Crippen molar-refractivity contribution in [2.24, 2.45) is 0 Å². The number of nitrogens with zero attached hydrogens (tertiary/aromatic N) is 5. The van der Waals surface area contributed by atoms with E-state index in [4.69, 9.17) is 16.3 Å². The Morgan fingerprint density at radius 1 is 1.09 bits per heavy atom. The summed E-state index contributed by atoms with van der Waals surface area (Å²) in [5.74, 6) is 1.45. The third-order valence-corrected chi connectivity index (χ3v) is 3.56. The number of anilines is 1. The summed E-state index contributed by atoms with van der Waals surface area (Å²) in [7, 11) is 1.93. The monoisotopic (exact) mass is 329 g/mol. The van der Waals surface area contributed by atoms with E-state index < -0.39 is 0 Å². The van der Waals surface area contributed by atoms with Crippen molar-refractivity contribution in [3.05, 3.63) is 59.6 Å². The lowest BCUT2D eigenvalue weighted by Crippen LogP contribution is -2.26. The zero-order valence-electron chi connectivity index (χ0n) is 12.6. The Morgan fingerprint density at radius 2 is 1.83 bits per heavy atom. The number of para-hydroxylation sites is 1. The molecule has 0 saturated carbocycles. The van der Waals surface area contributed by atoms with Crippen LogP contribution in [-0.4, -0.2) is 40.4 Å². The molecule has 1 aromatic heterocycles. The van der Waals surface area contributed by atoms with Crippen LogP contribution >= 0.6 is 11.6 Å². The van der Waals surface area contributed by atoms with Crippen molar-refractivity contribution in [2.75, 3.05) is 25.1 Å². The largest absolute Gasteiger partial charge is 0.492 e. The van der Waals surface area contributed by atoms with Crippen molar-refractivity contribution in [1.29, 1.82) is 0 Å². The van der Waals surface area contributed by atoms with E-state index >= 15 is 0 Å².